The third kappa shape index (κ3) is 4.71. The molecule has 0 aliphatic carbocycles. The second-order valence-corrected chi connectivity index (χ2v) is 9.65. The van der Waals surface area contributed by atoms with Crippen LogP contribution in [0.4, 0.5) is 0 Å². The molecule has 0 spiro atoms. The lowest BCUT2D eigenvalue weighted by atomic mass is 9.50. The smallest absolute Gasteiger partial charge is 0.303 e. The molecule has 3 atom stereocenters. The van der Waals surface area contributed by atoms with Gasteiger partial charge in [-0.1, -0.05) is 24.3 Å². The van der Waals surface area contributed by atoms with E-state index >= 15 is 0 Å². The highest BCUT2D eigenvalue weighted by Crippen LogP contribution is 2.60. The number of benzene rings is 2. The lowest BCUT2D eigenvalue weighted by Gasteiger charge is -2.52. The van der Waals surface area contributed by atoms with Crippen LogP contribution in [0.15, 0.2) is 48.5 Å². The van der Waals surface area contributed by atoms with Crippen LogP contribution in [-0.2, 0) is 24.4 Å². The van der Waals surface area contributed by atoms with Crippen molar-refractivity contribution in [3.05, 3.63) is 59.7 Å². The van der Waals surface area contributed by atoms with Crippen molar-refractivity contribution in [2.45, 2.75) is 55.8 Å². The molecule has 2 aromatic carbocycles. The Labute approximate surface area is 192 Å². The molecule has 7 nitrogen and oxygen atoms in total. The molecule has 2 aromatic rings. The number of phenolic OH excluding ortho intramolecular Hbond substituents is 2. The molecule has 176 valence electrons. The van der Waals surface area contributed by atoms with Crippen molar-refractivity contribution in [3.8, 4) is 11.5 Å². The topological polar surface area (TPSA) is 115 Å². The van der Waals surface area contributed by atoms with Gasteiger partial charge in [0.05, 0.1) is 38.1 Å². The zero-order chi connectivity index (χ0) is 23.1. The number of hydrogen-bond acceptors (Lipinski definition) is 6. The number of phenols is 2. The van der Waals surface area contributed by atoms with Crippen LogP contribution in [0.5, 0.6) is 11.5 Å². The van der Waals surface area contributed by atoms with E-state index in [1.807, 2.05) is 24.3 Å². The molecular formula is C26H30O7. The monoisotopic (exact) mass is 454 g/mol. The number of aliphatic carboxylic acids is 1. The van der Waals surface area contributed by atoms with Gasteiger partial charge in [0, 0.05) is 11.8 Å². The van der Waals surface area contributed by atoms with E-state index < -0.39 is 16.8 Å². The van der Waals surface area contributed by atoms with Gasteiger partial charge in [-0.3, -0.25) is 4.79 Å². The zero-order valence-corrected chi connectivity index (χ0v) is 18.5. The Morgan fingerprint density at radius 1 is 0.758 bits per heavy atom. The molecule has 7 heteroatoms. The minimum atomic E-state index is -0.862. The third-order valence-corrected chi connectivity index (χ3v) is 7.40. The van der Waals surface area contributed by atoms with Crippen LogP contribution in [0.2, 0.25) is 0 Å². The first-order valence-electron chi connectivity index (χ1n) is 11.6. The number of carboxylic acid groups (broad SMARTS) is 1. The minimum Gasteiger partial charge on any atom is -0.508 e. The van der Waals surface area contributed by atoms with Crippen LogP contribution in [0, 0.1) is 5.41 Å². The zero-order valence-electron chi connectivity index (χ0n) is 18.5. The average molecular weight is 455 g/mol. The Bertz CT molecular complexity index is 891. The van der Waals surface area contributed by atoms with Crippen molar-refractivity contribution in [2.75, 3.05) is 19.8 Å². The highest BCUT2D eigenvalue weighted by atomic mass is 16.6. The normalized spacial score (nSPS) is 25.3. The van der Waals surface area contributed by atoms with Gasteiger partial charge in [0.15, 0.2) is 0 Å². The molecule has 3 unspecified atom stereocenters. The van der Waals surface area contributed by atoms with Gasteiger partial charge in [0.1, 0.15) is 11.5 Å². The fraction of sp³-hybridized carbons (Fsp3) is 0.500. The predicted octanol–water partition coefficient (Wildman–Crippen LogP) is 3.60. The average Bonchev–Trinajstić information content (AvgIpc) is 3.62. The molecule has 3 fully saturated rings. The number of aromatic hydroxyl groups is 2. The van der Waals surface area contributed by atoms with Gasteiger partial charge in [-0.25, -0.2) is 0 Å². The summed E-state index contributed by atoms with van der Waals surface area (Å²) in [4.78, 5) is 11.9. The number of hydrogen-bond donors (Lipinski definition) is 3. The summed E-state index contributed by atoms with van der Waals surface area (Å²) in [5, 5.41) is 29.8. The lowest BCUT2D eigenvalue weighted by Crippen LogP contribution is -2.50. The maximum atomic E-state index is 11.9. The van der Waals surface area contributed by atoms with E-state index in [1.54, 1.807) is 24.3 Å². The molecule has 3 aliphatic rings. The van der Waals surface area contributed by atoms with Crippen molar-refractivity contribution < 1.29 is 34.3 Å². The van der Waals surface area contributed by atoms with Crippen molar-refractivity contribution in [1.29, 1.82) is 0 Å². The van der Waals surface area contributed by atoms with E-state index in [9.17, 15) is 20.1 Å². The molecule has 0 radical (unpaired) electrons. The summed E-state index contributed by atoms with van der Waals surface area (Å²) in [7, 11) is 0. The maximum Gasteiger partial charge on any atom is 0.303 e. The quantitative estimate of drug-likeness (QED) is 0.420. The fourth-order valence-corrected chi connectivity index (χ4v) is 5.76. The van der Waals surface area contributed by atoms with E-state index in [0.29, 0.717) is 26.2 Å². The molecule has 0 saturated carbocycles. The molecule has 0 aromatic heterocycles. The molecule has 0 bridgehead atoms. The fourth-order valence-electron chi connectivity index (χ4n) is 5.76. The summed E-state index contributed by atoms with van der Waals surface area (Å²) in [5.74, 6) is -0.550. The number of carboxylic acids is 1. The van der Waals surface area contributed by atoms with Crippen molar-refractivity contribution in [1.82, 2.24) is 0 Å². The first kappa shape index (κ1) is 22.2. The summed E-state index contributed by atoms with van der Waals surface area (Å²) in [5.41, 5.74) is 0.764. The molecular weight excluding hydrogens is 424 g/mol. The summed E-state index contributed by atoms with van der Waals surface area (Å²) in [6.07, 6.45) is 2.95. The summed E-state index contributed by atoms with van der Waals surface area (Å²) in [6, 6.07) is 14.2. The van der Waals surface area contributed by atoms with Gasteiger partial charge in [0.2, 0.25) is 0 Å². The molecule has 3 saturated heterocycles. The van der Waals surface area contributed by atoms with Crippen molar-refractivity contribution >= 4 is 5.97 Å². The Hall–Kier alpha value is -2.61. The second-order valence-electron chi connectivity index (χ2n) is 9.65. The van der Waals surface area contributed by atoms with E-state index in [2.05, 4.69) is 0 Å². The molecule has 3 aliphatic heterocycles. The SMILES string of the molecule is O=C(O)CCC(c1ccc(O)cc1)(c1ccc(O)cc1)C(CC1CO1)(CC1CO1)CC1CO1. The third-order valence-electron chi connectivity index (χ3n) is 7.40. The first-order valence-corrected chi connectivity index (χ1v) is 11.6. The van der Waals surface area contributed by atoms with Crippen LogP contribution in [-0.4, -0.2) is 59.4 Å². The van der Waals surface area contributed by atoms with Crippen LogP contribution in [0.1, 0.15) is 43.2 Å². The highest BCUT2D eigenvalue weighted by molar-refractivity contribution is 5.67. The molecule has 0 amide bonds. The van der Waals surface area contributed by atoms with Crippen LogP contribution >= 0.6 is 0 Å². The minimum absolute atomic E-state index is 0.0218. The number of rotatable bonds is 12. The van der Waals surface area contributed by atoms with Gasteiger partial charge in [0.25, 0.3) is 0 Å². The standard InChI is InChI=1S/C26H30O7/c27-19-5-1-17(2-6-19)26(10-9-24(29)30,18-3-7-20(28)8-4-18)25(11-21-14-31-21,12-22-15-32-22)13-23-16-33-23/h1-8,21-23,27-28H,9-16H2,(H,29,30). The van der Waals surface area contributed by atoms with E-state index in [1.165, 1.54) is 0 Å². The number of epoxide rings is 3. The summed E-state index contributed by atoms with van der Waals surface area (Å²) < 4.78 is 17.2. The van der Waals surface area contributed by atoms with E-state index in [0.717, 1.165) is 30.4 Å². The largest absolute Gasteiger partial charge is 0.508 e. The van der Waals surface area contributed by atoms with Crippen molar-refractivity contribution in [3.63, 3.8) is 0 Å². The van der Waals surface area contributed by atoms with Gasteiger partial charge in [-0.05, 0) is 66.5 Å². The van der Waals surface area contributed by atoms with Crippen LogP contribution < -0.4 is 0 Å². The van der Waals surface area contributed by atoms with Gasteiger partial charge in [-0.2, -0.15) is 0 Å². The Morgan fingerprint density at radius 3 is 1.42 bits per heavy atom. The summed E-state index contributed by atoms with van der Waals surface area (Å²) in [6.45, 7) is 2.08. The number of carbonyl (C=O) groups is 1. The second kappa shape index (κ2) is 8.63. The molecule has 33 heavy (non-hydrogen) atoms. The molecule has 3 heterocycles. The predicted molar refractivity (Wildman–Crippen MR) is 119 cm³/mol. The highest BCUT2D eigenvalue weighted by Gasteiger charge is 2.58. The summed E-state index contributed by atoms with van der Waals surface area (Å²) >= 11 is 0. The Balaban J connectivity index is 1.74. The molecule has 3 N–H and O–H groups in total. The van der Waals surface area contributed by atoms with Crippen LogP contribution in [0.25, 0.3) is 0 Å². The van der Waals surface area contributed by atoms with Gasteiger partial charge < -0.3 is 29.5 Å². The first-order chi connectivity index (χ1) is 15.9. The Kier molecular flexibility index (Phi) is 5.80. The molecule has 5 rings (SSSR count). The van der Waals surface area contributed by atoms with Gasteiger partial charge >= 0.3 is 5.97 Å². The lowest BCUT2D eigenvalue weighted by molar-refractivity contribution is -0.137. The van der Waals surface area contributed by atoms with Crippen LogP contribution in [0.3, 0.4) is 0 Å². The van der Waals surface area contributed by atoms with E-state index in [4.69, 9.17) is 14.2 Å². The van der Waals surface area contributed by atoms with E-state index in [-0.39, 0.29) is 36.2 Å². The Morgan fingerprint density at radius 2 is 1.12 bits per heavy atom. The maximum absolute atomic E-state index is 11.9. The number of ether oxygens (including phenoxy) is 3. The van der Waals surface area contributed by atoms with Gasteiger partial charge in [-0.15, -0.1) is 0 Å². The van der Waals surface area contributed by atoms with Crippen molar-refractivity contribution in [2.24, 2.45) is 5.41 Å².